The molecule has 0 atom stereocenters. The maximum atomic E-state index is 12.8. The van der Waals surface area contributed by atoms with E-state index in [-0.39, 0.29) is 4.90 Å². The Hall–Kier alpha value is -2.80. The molecule has 0 N–H and O–H groups in total. The average molecular weight is 359 g/mol. The van der Waals surface area contributed by atoms with Gasteiger partial charge in [0.1, 0.15) is 5.75 Å². The van der Waals surface area contributed by atoms with E-state index in [0.29, 0.717) is 23.7 Å². The molecular formula is C18H17NO5S. The minimum atomic E-state index is -3.96. The Labute approximate surface area is 146 Å². The van der Waals surface area contributed by atoms with Crippen LogP contribution in [0.25, 0.3) is 0 Å². The van der Waals surface area contributed by atoms with Crippen LogP contribution in [0.2, 0.25) is 0 Å². The van der Waals surface area contributed by atoms with Crippen molar-refractivity contribution in [3.8, 4) is 5.75 Å². The first-order chi connectivity index (χ1) is 12.0. The Morgan fingerprint density at radius 1 is 1.04 bits per heavy atom. The van der Waals surface area contributed by atoms with E-state index in [1.54, 1.807) is 35.2 Å². The van der Waals surface area contributed by atoms with Crippen LogP contribution in [-0.4, -0.2) is 28.1 Å². The summed E-state index contributed by atoms with van der Waals surface area (Å²) in [7, 11) is -2.81. The van der Waals surface area contributed by atoms with Gasteiger partial charge in [0.05, 0.1) is 30.0 Å². The number of hydrogen-bond donors (Lipinski definition) is 0. The van der Waals surface area contributed by atoms with Crippen LogP contribution in [0.3, 0.4) is 0 Å². The fourth-order valence-corrected chi connectivity index (χ4v) is 4.14. The van der Waals surface area contributed by atoms with Crippen molar-refractivity contribution in [2.45, 2.75) is 11.8 Å². The predicted octanol–water partition coefficient (Wildman–Crippen LogP) is 3.03. The maximum absolute atomic E-state index is 12.8. The SMILES string of the molecule is CCOc1ccccc1N1C=C(C(=O)OC)S(=O)(=O)c2ccccc21. The Morgan fingerprint density at radius 3 is 2.36 bits per heavy atom. The summed E-state index contributed by atoms with van der Waals surface area (Å²) in [6, 6.07) is 13.7. The van der Waals surface area contributed by atoms with Crippen molar-refractivity contribution in [2.75, 3.05) is 18.6 Å². The van der Waals surface area contributed by atoms with Crippen LogP contribution in [0, 0.1) is 0 Å². The zero-order chi connectivity index (χ0) is 18.0. The Kier molecular flexibility index (Phi) is 4.50. The second-order valence-electron chi connectivity index (χ2n) is 5.23. The molecule has 0 bridgehead atoms. The molecular weight excluding hydrogens is 342 g/mol. The van der Waals surface area contributed by atoms with Gasteiger partial charge < -0.3 is 14.4 Å². The van der Waals surface area contributed by atoms with Gasteiger partial charge in [0.2, 0.25) is 9.84 Å². The second-order valence-corrected chi connectivity index (χ2v) is 7.11. The average Bonchev–Trinajstić information content (AvgIpc) is 2.62. The van der Waals surface area contributed by atoms with Crippen LogP contribution in [0.15, 0.2) is 64.5 Å². The number of anilines is 2. The number of nitrogens with zero attached hydrogens (tertiary/aromatic N) is 1. The minimum absolute atomic E-state index is 0.0456. The number of sulfone groups is 1. The van der Waals surface area contributed by atoms with Crippen molar-refractivity contribution in [2.24, 2.45) is 0 Å². The van der Waals surface area contributed by atoms with E-state index in [0.717, 1.165) is 7.11 Å². The summed E-state index contributed by atoms with van der Waals surface area (Å²) in [5.74, 6) is -0.326. The molecule has 0 spiro atoms. The maximum Gasteiger partial charge on any atom is 0.351 e. The van der Waals surface area contributed by atoms with Crippen molar-refractivity contribution in [1.82, 2.24) is 0 Å². The lowest BCUT2D eigenvalue weighted by Crippen LogP contribution is -2.26. The van der Waals surface area contributed by atoms with Gasteiger partial charge in [-0.2, -0.15) is 0 Å². The van der Waals surface area contributed by atoms with Gasteiger partial charge in [-0.1, -0.05) is 24.3 Å². The monoisotopic (exact) mass is 359 g/mol. The summed E-state index contributed by atoms with van der Waals surface area (Å²) in [6.07, 6.45) is 1.28. The molecule has 3 rings (SSSR count). The van der Waals surface area contributed by atoms with Crippen molar-refractivity contribution in [1.29, 1.82) is 0 Å². The highest BCUT2D eigenvalue weighted by atomic mass is 32.2. The molecule has 0 aromatic heterocycles. The second kappa shape index (κ2) is 6.60. The van der Waals surface area contributed by atoms with E-state index in [9.17, 15) is 13.2 Å². The van der Waals surface area contributed by atoms with Crippen LogP contribution in [0.1, 0.15) is 6.92 Å². The summed E-state index contributed by atoms with van der Waals surface area (Å²) in [6.45, 7) is 2.32. The third-order valence-corrected chi connectivity index (χ3v) is 5.54. The number of methoxy groups -OCH3 is 1. The molecule has 1 aliphatic rings. The Morgan fingerprint density at radius 2 is 1.68 bits per heavy atom. The van der Waals surface area contributed by atoms with Crippen molar-refractivity contribution in [3.63, 3.8) is 0 Å². The molecule has 0 unspecified atom stereocenters. The van der Waals surface area contributed by atoms with E-state index in [2.05, 4.69) is 4.74 Å². The molecule has 1 heterocycles. The molecule has 2 aromatic rings. The van der Waals surface area contributed by atoms with E-state index < -0.39 is 20.7 Å². The highest BCUT2D eigenvalue weighted by Gasteiger charge is 2.36. The number of fused-ring (bicyclic) bond motifs is 1. The van der Waals surface area contributed by atoms with Crippen molar-refractivity contribution >= 4 is 27.2 Å². The molecule has 2 aromatic carbocycles. The first kappa shape index (κ1) is 17.0. The summed E-state index contributed by atoms with van der Waals surface area (Å²) in [5, 5.41) is 0. The Bertz CT molecular complexity index is 949. The number of ether oxygens (including phenoxy) is 2. The highest BCUT2D eigenvalue weighted by molar-refractivity contribution is 7.96. The summed E-state index contributed by atoms with van der Waals surface area (Å²) in [4.78, 5) is 13.3. The number of carbonyl (C=O) groups is 1. The first-order valence-electron chi connectivity index (χ1n) is 7.66. The van der Waals surface area contributed by atoms with Gasteiger partial charge in [-0.15, -0.1) is 0 Å². The fourth-order valence-electron chi connectivity index (χ4n) is 2.65. The van der Waals surface area contributed by atoms with Gasteiger partial charge in [0, 0.05) is 6.20 Å². The lowest BCUT2D eigenvalue weighted by atomic mass is 10.2. The molecule has 25 heavy (non-hydrogen) atoms. The first-order valence-corrected chi connectivity index (χ1v) is 9.14. The number of carbonyl (C=O) groups excluding carboxylic acids is 1. The van der Waals surface area contributed by atoms with E-state index in [4.69, 9.17) is 4.74 Å². The van der Waals surface area contributed by atoms with Crippen LogP contribution in [-0.2, 0) is 19.4 Å². The van der Waals surface area contributed by atoms with Crippen LogP contribution in [0.4, 0.5) is 11.4 Å². The molecule has 0 radical (unpaired) electrons. The summed E-state index contributed by atoms with van der Waals surface area (Å²) < 4.78 is 35.8. The molecule has 0 saturated heterocycles. The molecule has 130 valence electrons. The lowest BCUT2D eigenvalue weighted by Gasteiger charge is -2.29. The van der Waals surface area contributed by atoms with Crippen molar-refractivity contribution in [3.05, 3.63) is 59.6 Å². The number of rotatable bonds is 4. The quantitative estimate of drug-likeness (QED) is 0.782. The van der Waals surface area contributed by atoms with Gasteiger partial charge >= 0.3 is 5.97 Å². The fraction of sp³-hybridized carbons (Fsp3) is 0.167. The highest BCUT2D eigenvalue weighted by Crippen LogP contribution is 2.42. The third kappa shape index (κ3) is 2.87. The molecule has 0 aliphatic carbocycles. The number of hydrogen-bond acceptors (Lipinski definition) is 6. The largest absolute Gasteiger partial charge is 0.492 e. The predicted molar refractivity (Wildman–Crippen MR) is 93.5 cm³/mol. The van der Waals surface area contributed by atoms with Gasteiger partial charge in [0.25, 0.3) is 0 Å². The normalized spacial score (nSPS) is 15.1. The number of esters is 1. The van der Waals surface area contributed by atoms with E-state index in [1.165, 1.54) is 12.3 Å². The van der Waals surface area contributed by atoms with Gasteiger partial charge in [-0.05, 0) is 31.2 Å². The number of para-hydroxylation sites is 3. The van der Waals surface area contributed by atoms with Crippen LogP contribution >= 0.6 is 0 Å². The van der Waals surface area contributed by atoms with Crippen LogP contribution < -0.4 is 9.64 Å². The zero-order valence-electron chi connectivity index (χ0n) is 13.8. The molecule has 0 fully saturated rings. The molecule has 6 nitrogen and oxygen atoms in total. The molecule has 7 heteroatoms. The van der Waals surface area contributed by atoms with Gasteiger partial charge in [0.15, 0.2) is 4.91 Å². The molecule has 1 aliphatic heterocycles. The van der Waals surface area contributed by atoms with Crippen molar-refractivity contribution < 1.29 is 22.7 Å². The Balaban J connectivity index is 2.27. The lowest BCUT2D eigenvalue weighted by molar-refractivity contribution is -0.135. The summed E-state index contributed by atoms with van der Waals surface area (Å²) in [5.41, 5.74) is 1.08. The van der Waals surface area contributed by atoms with E-state index >= 15 is 0 Å². The molecule has 0 saturated carbocycles. The van der Waals surface area contributed by atoms with Crippen LogP contribution in [0.5, 0.6) is 5.75 Å². The third-order valence-electron chi connectivity index (χ3n) is 3.76. The number of benzene rings is 2. The standard InChI is InChI=1S/C18H17NO5S/c1-3-24-15-10-6-4-8-13(15)19-12-17(18(20)23-2)25(21,22)16-11-7-5-9-14(16)19/h4-12H,3H2,1-2H3. The minimum Gasteiger partial charge on any atom is -0.492 e. The topological polar surface area (TPSA) is 72.9 Å². The van der Waals surface area contributed by atoms with E-state index in [1.807, 2.05) is 19.1 Å². The summed E-state index contributed by atoms with van der Waals surface area (Å²) >= 11 is 0. The van der Waals surface area contributed by atoms with Gasteiger partial charge in [-0.25, -0.2) is 13.2 Å². The van der Waals surface area contributed by atoms with Gasteiger partial charge in [-0.3, -0.25) is 0 Å². The molecule has 0 amide bonds. The zero-order valence-corrected chi connectivity index (χ0v) is 14.6. The smallest absolute Gasteiger partial charge is 0.351 e.